The van der Waals surface area contributed by atoms with E-state index in [1.54, 1.807) is 0 Å². The van der Waals surface area contributed by atoms with E-state index in [0.29, 0.717) is 48.3 Å². The summed E-state index contributed by atoms with van der Waals surface area (Å²) in [4.78, 5) is 12.7. The van der Waals surface area contributed by atoms with Crippen LogP contribution >= 0.6 is 11.6 Å². The van der Waals surface area contributed by atoms with Crippen LogP contribution < -0.4 is 0 Å². The number of aliphatic hydroxyl groups is 7. The van der Waals surface area contributed by atoms with Crippen LogP contribution in [-0.4, -0.2) is 166 Å². The maximum atomic E-state index is 13.6. The lowest BCUT2D eigenvalue weighted by Crippen LogP contribution is -2.65. The fourth-order valence-electron chi connectivity index (χ4n) is 14.7. The third kappa shape index (κ3) is 8.82. The summed E-state index contributed by atoms with van der Waals surface area (Å²) in [5.41, 5.74) is 1.29. The second kappa shape index (κ2) is 19.6. The molecule has 10 rings (SSSR count). The van der Waals surface area contributed by atoms with E-state index in [0.717, 1.165) is 69.8 Å². The molecular weight excluding hydrogens is 939 g/mol. The molecule has 19 heteroatoms. The molecule has 25 atom stereocenters. The number of halogens is 2. The van der Waals surface area contributed by atoms with Gasteiger partial charge in [-0.1, -0.05) is 50.9 Å². The highest BCUT2D eigenvalue weighted by Crippen LogP contribution is 2.70. The van der Waals surface area contributed by atoms with E-state index in [1.165, 1.54) is 12.5 Å². The van der Waals surface area contributed by atoms with Gasteiger partial charge in [0, 0.05) is 12.3 Å². The molecule has 70 heavy (non-hydrogen) atoms. The normalized spacial score (nSPS) is 51.0. The van der Waals surface area contributed by atoms with E-state index in [4.69, 9.17) is 54.2 Å². The summed E-state index contributed by atoms with van der Waals surface area (Å²) in [6.07, 6.45) is -10.6. The number of rotatable bonds is 10. The summed E-state index contributed by atoms with van der Waals surface area (Å²) in [6, 6.07) is 3.11. The van der Waals surface area contributed by atoms with Crippen molar-refractivity contribution in [2.75, 3.05) is 19.8 Å². The van der Waals surface area contributed by atoms with Gasteiger partial charge in [0.25, 0.3) is 0 Å². The maximum absolute atomic E-state index is 13.6. The lowest BCUT2D eigenvalue weighted by atomic mass is 9.47. The van der Waals surface area contributed by atoms with Crippen molar-refractivity contribution < 1.29 is 87.6 Å². The summed E-state index contributed by atoms with van der Waals surface area (Å²) < 4.78 is 69.3. The van der Waals surface area contributed by atoms with Gasteiger partial charge in [0.15, 0.2) is 24.7 Å². The molecule has 392 valence electrons. The van der Waals surface area contributed by atoms with Crippen molar-refractivity contribution in [2.45, 2.75) is 196 Å². The van der Waals surface area contributed by atoms with Gasteiger partial charge in [-0.3, -0.25) is 0 Å². The van der Waals surface area contributed by atoms with Crippen molar-refractivity contribution in [1.29, 1.82) is 0 Å². The van der Waals surface area contributed by atoms with Crippen molar-refractivity contribution in [1.82, 2.24) is 0 Å². The van der Waals surface area contributed by atoms with E-state index in [-0.39, 0.29) is 27.5 Å². The Kier molecular flexibility index (Phi) is 14.5. The average molecular weight is 1010 g/mol. The number of fused-ring (bicyclic) bond motifs is 7. The van der Waals surface area contributed by atoms with Crippen LogP contribution in [0.5, 0.6) is 0 Å². The standard InChI is InChI=1S/C51H72ClFO17/c1-22-10-15-51(63-20-22)23(2)36-33(70-51)18-31-28-8-6-25-16-27(11-13-49(25,4)30(28)12-14-50(31,36)5)65-48-44(69-46-41(59)39(57)37(55)24(3)64-46)42(60)43(34(19-54)66-48)68-47-40(58)38(56)35(67-47)21-62-45(61)29-9-7-26(53)17-32(29)52/h6-7,9,17,22-24,27-28,30-31,33-44,46-48,54-60H,8,10-16,18-21H2,1-5H3/t22-,23+,24+,27+,28?,30?,31?,33?,34-,35+,36?,37+,38+,39-,40-,41-,42+,43-,44-,46+,47+,48-,49+,50+,51-/m1/s1. The molecule has 0 aromatic heterocycles. The van der Waals surface area contributed by atoms with E-state index in [2.05, 4.69) is 33.8 Å². The molecule has 3 saturated carbocycles. The van der Waals surface area contributed by atoms with Gasteiger partial charge in [-0.2, -0.15) is 0 Å². The minimum absolute atomic E-state index is 0.0580. The third-order valence-corrected chi connectivity index (χ3v) is 19.0. The van der Waals surface area contributed by atoms with Gasteiger partial charge in [0.2, 0.25) is 0 Å². The Morgan fingerprint density at radius 1 is 0.814 bits per heavy atom. The summed E-state index contributed by atoms with van der Waals surface area (Å²) >= 11 is 6.01. The number of esters is 1. The molecule has 1 aromatic carbocycles. The topological polar surface area (TPSA) is 242 Å². The van der Waals surface area contributed by atoms with Crippen LogP contribution in [0.3, 0.4) is 0 Å². The van der Waals surface area contributed by atoms with Gasteiger partial charge in [-0.15, -0.1) is 0 Å². The fraction of sp³-hybridized carbons (Fsp3) is 0.824. The highest BCUT2D eigenvalue weighted by molar-refractivity contribution is 6.33. The first-order valence-electron chi connectivity index (χ1n) is 25.5. The molecular formula is C51H72ClFO17. The molecule has 4 aliphatic carbocycles. The zero-order valence-corrected chi connectivity index (χ0v) is 41.2. The molecule has 0 radical (unpaired) electrons. The summed E-state index contributed by atoms with van der Waals surface area (Å²) in [5.74, 6) is 0.854. The lowest BCUT2D eigenvalue weighted by Gasteiger charge is -2.58. The van der Waals surface area contributed by atoms with Crippen LogP contribution in [0.4, 0.5) is 4.39 Å². The highest BCUT2D eigenvalue weighted by atomic mass is 35.5. The Morgan fingerprint density at radius 2 is 1.54 bits per heavy atom. The van der Waals surface area contributed by atoms with Crippen molar-refractivity contribution in [3.8, 4) is 0 Å². The molecule has 8 fully saturated rings. The second-order valence-electron chi connectivity index (χ2n) is 22.6. The highest BCUT2D eigenvalue weighted by Gasteiger charge is 2.69. The maximum Gasteiger partial charge on any atom is 0.339 e. The monoisotopic (exact) mass is 1010 g/mol. The predicted molar refractivity (Wildman–Crippen MR) is 243 cm³/mol. The average Bonchev–Trinajstić information content (AvgIpc) is 3.89. The second-order valence-corrected chi connectivity index (χ2v) is 23.0. The van der Waals surface area contributed by atoms with Crippen LogP contribution in [-0.2, 0) is 42.6 Å². The van der Waals surface area contributed by atoms with E-state index in [9.17, 15) is 44.9 Å². The van der Waals surface area contributed by atoms with Gasteiger partial charge in [0.1, 0.15) is 73.5 Å². The van der Waals surface area contributed by atoms with E-state index < -0.39 is 123 Å². The van der Waals surface area contributed by atoms with Crippen LogP contribution in [0.2, 0.25) is 5.02 Å². The molecule has 1 aromatic rings. The molecule has 5 aliphatic heterocycles. The SMILES string of the molecule is C[C@@H]1CC[C@@]2(OC1)OC1CC3C4CC=C5C[C@@H](O[C@@H]6O[C@H](CO)[C@@H](O[C@@H]7O[C@@H](COC(=O)c8ccc(F)cc8Cl)[C@H](O)[C@H]7O)[C@H](O)[C@H]6O[C@@H]6O[C@@H](C)[C@H](O)[C@@H](O)[C@H]6O)CC[C@]5(C)C4CC[C@]3(C)C1[C@@H]2C. The molecule has 5 saturated heterocycles. The fourth-order valence-corrected chi connectivity index (χ4v) is 15.0. The minimum Gasteiger partial charge on any atom is -0.459 e. The first-order chi connectivity index (χ1) is 33.3. The van der Waals surface area contributed by atoms with Crippen LogP contribution in [0.25, 0.3) is 0 Å². The van der Waals surface area contributed by atoms with E-state index in [1.807, 2.05) is 0 Å². The zero-order chi connectivity index (χ0) is 49.8. The largest absolute Gasteiger partial charge is 0.459 e. The van der Waals surface area contributed by atoms with Crippen molar-refractivity contribution in [3.63, 3.8) is 0 Å². The number of hydrogen-bond acceptors (Lipinski definition) is 17. The predicted octanol–water partition coefficient (Wildman–Crippen LogP) is 3.51. The smallest absolute Gasteiger partial charge is 0.339 e. The van der Waals surface area contributed by atoms with Crippen LogP contribution in [0, 0.1) is 52.2 Å². The molecule has 0 bridgehead atoms. The third-order valence-electron chi connectivity index (χ3n) is 18.7. The Morgan fingerprint density at radius 3 is 2.27 bits per heavy atom. The molecule has 1 spiro atoms. The first kappa shape index (κ1) is 51.5. The Hall–Kier alpha value is -1.95. The van der Waals surface area contributed by atoms with Gasteiger partial charge in [0.05, 0.1) is 42.1 Å². The van der Waals surface area contributed by atoms with Crippen LogP contribution in [0.15, 0.2) is 29.8 Å². The quantitative estimate of drug-likeness (QED) is 0.131. The molecule has 7 N–H and O–H groups in total. The van der Waals surface area contributed by atoms with Gasteiger partial charge in [-0.05, 0) is 117 Å². The van der Waals surface area contributed by atoms with Crippen molar-refractivity contribution in [2.24, 2.45) is 46.3 Å². The Labute approximate surface area is 412 Å². The Balaban J connectivity index is 0.830. The molecule has 9 aliphatic rings. The summed E-state index contributed by atoms with van der Waals surface area (Å²) in [5, 5.41) is 76.8. The van der Waals surface area contributed by atoms with Gasteiger partial charge in [-0.25, -0.2) is 9.18 Å². The summed E-state index contributed by atoms with van der Waals surface area (Å²) in [6.45, 7) is 10.5. The van der Waals surface area contributed by atoms with Crippen molar-refractivity contribution >= 4 is 17.6 Å². The number of carbonyl (C=O) groups is 1. The molecule has 0 amide bonds. The minimum atomic E-state index is -1.76. The molecule has 17 nitrogen and oxygen atoms in total. The number of allylic oxidation sites excluding steroid dienone is 1. The van der Waals surface area contributed by atoms with E-state index >= 15 is 0 Å². The summed E-state index contributed by atoms with van der Waals surface area (Å²) in [7, 11) is 0. The van der Waals surface area contributed by atoms with Gasteiger partial charge >= 0.3 is 5.97 Å². The first-order valence-corrected chi connectivity index (χ1v) is 25.9. The number of ether oxygens (including phenoxy) is 9. The Bertz CT molecular complexity index is 2090. The lowest BCUT2D eigenvalue weighted by molar-refractivity contribution is -0.380. The van der Waals surface area contributed by atoms with Crippen LogP contribution in [0.1, 0.15) is 103 Å². The molecule has 5 heterocycles. The number of aliphatic hydroxyl groups excluding tert-OH is 7. The van der Waals surface area contributed by atoms with Crippen molar-refractivity contribution in [3.05, 3.63) is 46.3 Å². The number of hydrogen-bond donors (Lipinski definition) is 7. The van der Waals surface area contributed by atoms with Gasteiger partial charge < -0.3 is 78.4 Å². The number of benzene rings is 1. The zero-order valence-electron chi connectivity index (χ0n) is 40.5. The number of carbonyl (C=O) groups excluding carboxylic acids is 1. The molecule has 5 unspecified atom stereocenters.